The number of rotatable bonds is 2. The Balaban J connectivity index is 1.94. The lowest BCUT2D eigenvalue weighted by molar-refractivity contribution is 0.208. The summed E-state index contributed by atoms with van der Waals surface area (Å²) in [6, 6.07) is 16.8. The van der Waals surface area contributed by atoms with Gasteiger partial charge in [-0.1, -0.05) is 59.7 Å². The van der Waals surface area contributed by atoms with Crippen LogP contribution >= 0.6 is 24.4 Å². The quantitative estimate of drug-likeness (QED) is 0.621. The molecule has 2 saturated heterocycles. The third kappa shape index (κ3) is 2.03. The highest BCUT2D eigenvalue weighted by Gasteiger charge is 2.64. The van der Waals surface area contributed by atoms with Gasteiger partial charge >= 0.3 is 0 Å². The third-order valence-electron chi connectivity index (χ3n) is 4.74. The molecule has 4 nitrogen and oxygen atoms in total. The monoisotopic (exact) mass is 354 g/mol. The Hall–Kier alpha value is -2.18. The average molecular weight is 355 g/mol. The van der Waals surface area contributed by atoms with Crippen LogP contribution in [0.25, 0.3) is 0 Å². The first kappa shape index (κ1) is 15.4. The van der Waals surface area contributed by atoms with E-state index in [1.54, 1.807) is 0 Å². The average Bonchev–Trinajstić information content (AvgIpc) is 2.96. The first-order valence-electron chi connectivity index (χ1n) is 7.80. The standard InChI is InChI=1S/C18H18N4S2/c1-11-3-7-13(8-4-11)17-18(21-15(23)19-17,22-16(24)20-17)14-9-5-12(2)6-10-14/h3-10H,1-2H3,(H2,19,21,23)(H2,20,22,24). The maximum Gasteiger partial charge on any atom is 0.185 e. The second-order valence-corrected chi connectivity index (χ2v) is 7.21. The minimum absolute atomic E-state index is 0.582. The van der Waals surface area contributed by atoms with Crippen molar-refractivity contribution in [3.63, 3.8) is 0 Å². The minimum atomic E-state index is -0.676. The summed E-state index contributed by atoms with van der Waals surface area (Å²) < 4.78 is 0. The Morgan fingerprint density at radius 1 is 0.583 bits per heavy atom. The number of hydrogen-bond donors (Lipinski definition) is 4. The van der Waals surface area contributed by atoms with E-state index in [4.69, 9.17) is 24.4 Å². The molecule has 2 aliphatic rings. The summed E-state index contributed by atoms with van der Waals surface area (Å²) in [5.41, 5.74) is 3.19. The molecule has 0 atom stereocenters. The molecule has 0 aromatic heterocycles. The largest absolute Gasteiger partial charge is 0.332 e. The van der Waals surface area contributed by atoms with E-state index in [2.05, 4.69) is 83.6 Å². The van der Waals surface area contributed by atoms with Crippen LogP contribution in [-0.4, -0.2) is 10.2 Å². The lowest BCUT2D eigenvalue weighted by Crippen LogP contribution is -2.60. The summed E-state index contributed by atoms with van der Waals surface area (Å²) in [6.07, 6.45) is 0. The van der Waals surface area contributed by atoms with Crippen LogP contribution in [0.3, 0.4) is 0 Å². The second-order valence-electron chi connectivity index (χ2n) is 6.39. The third-order valence-corrected chi connectivity index (χ3v) is 5.14. The zero-order valence-electron chi connectivity index (χ0n) is 13.4. The van der Waals surface area contributed by atoms with Gasteiger partial charge < -0.3 is 21.3 Å². The summed E-state index contributed by atoms with van der Waals surface area (Å²) in [6.45, 7) is 4.15. The number of nitrogens with one attached hydrogen (secondary N) is 4. The van der Waals surface area contributed by atoms with E-state index in [9.17, 15) is 0 Å². The van der Waals surface area contributed by atoms with Crippen molar-refractivity contribution in [1.29, 1.82) is 0 Å². The highest BCUT2D eigenvalue weighted by molar-refractivity contribution is 7.80. The topological polar surface area (TPSA) is 48.1 Å². The lowest BCUT2D eigenvalue weighted by atomic mass is 9.83. The van der Waals surface area contributed by atoms with Gasteiger partial charge in [0, 0.05) is 11.1 Å². The van der Waals surface area contributed by atoms with Crippen LogP contribution in [0.2, 0.25) is 0 Å². The highest BCUT2D eigenvalue weighted by atomic mass is 32.1. The van der Waals surface area contributed by atoms with Crippen molar-refractivity contribution in [2.75, 3.05) is 0 Å². The fraction of sp³-hybridized carbons (Fsp3) is 0.222. The molecule has 122 valence electrons. The highest BCUT2D eigenvalue weighted by Crippen LogP contribution is 2.43. The smallest absolute Gasteiger partial charge is 0.185 e. The van der Waals surface area contributed by atoms with Gasteiger partial charge in [0.2, 0.25) is 0 Å². The number of aryl methyl sites for hydroxylation is 2. The molecule has 0 spiro atoms. The Labute approximate surface area is 152 Å². The summed E-state index contributed by atoms with van der Waals surface area (Å²) in [5.74, 6) is 0. The molecule has 0 amide bonds. The van der Waals surface area contributed by atoms with Gasteiger partial charge in [-0.25, -0.2) is 0 Å². The van der Waals surface area contributed by atoms with Crippen LogP contribution in [0.1, 0.15) is 22.3 Å². The lowest BCUT2D eigenvalue weighted by Gasteiger charge is -2.38. The molecule has 6 heteroatoms. The fourth-order valence-corrected chi connectivity index (χ4v) is 4.12. The van der Waals surface area contributed by atoms with Crippen molar-refractivity contribution in [2.24, 2.45) is 0 Å². The molecule has 0 aliphatic carbocycles. The molecule has 2 aliphatic heterocycles. The van der Waals surface area contributed by atoms with Gasteiger partial charge in [0.25, 0.3) is 0 Å². The molecule has 4 rings (SSSR count). The maximum atomic E-state index is 5.46. The fourth-order valence-electron chi connectivity index (χ4n) is 3.51. The van der Waals surface area contributed by atoms with Gasteiger partial charge in [-0.05, 0) is 38.3 Å². The van der Waals surface area contributed by atoms with Crippen molar-refractivity contribution in [2.45, 2.75) is 25.2 Å². The van der Waals surface area contributed by atoms with Crippen LogP contribution in [0.5, 0.6) is 0 Å². The minimum Gasteiger partial charge on any atom is -0.332 e. The zero-order valence-corrected chi connectivity index (χ0v) is 15.1. The van der Waals surface area contributed by atoms with Crippen LogP contribution in [0.15, 0.2) is 48.5 Å². The van der Waals surface area contributed by atoms with Crippen LogP contribution in [0.4, 0.5) is 0 Å². The van der Waals surface area contributed by atoms with E-state index in [-0.39, 0.29) is 0 Å². The van der Waals surface area contributed by atoms with Crippen molar-refractivity contribution >= 4 is 34.7 Å². The number of benzene rings is 2. The van der Waals surface area contributed by atoms with Crippen molar-refractivity contribution in [3.8, 4) is 0 Å². The summed E-state index contributed by atoms with van der Waals surface area (Å²) in [7, 11) is 0. The van der Waals surface area contributed by atoms with Crippen molar-refractivity contribution in [3.05, 3.63) is 70.8 Å². The van der Waals surface area contributed by atoms with Gasteiger partial charge in [0.1, 0.15) is 0 Å². The molecule has 24 heavy (non-hydrogen) atoms. The van der Waals surface area contributed by atoms with Crippen molar-refractivity contribution in [1.82, 2.24) is 21.3 Å². The molecule has 2 aromatic rings. The van der Waals surface area contributed by atoms with E-state index >= 15 is 0 Å². The first-order chi connectivity index (χ1) is 11.4. The molecule has 2 heterocycles. The summed E-state index contributed by atoms with van der Waals surface area (Å²) >= 11 is 10.9. The predicted octanol–water partition coefficient (Wildman–Crippen LogP) is 2.26. The number of thiocarbonyl (C=S) groups is 2. The van der Waals surface area contributed by atoms with Gasteiger partial charge in [0.15, 0.2) is 21.6 Å². The van der Waals surface area contributed by atoms with E-state index in [0.717, 1.165) is 11.1 Å². The van der Waals surface area contributed by atoms with Crippen LogP contribution in [0, 0.1) is 13.8 Å². The predicted molar refractivity (Wildman–Crippen MR) is 103 cm³/mol. The molecule has 0 saturated carbocycles. The molecule has 2 aromatic carbocycles. The Morgan fingerprint density at radius 3 is 1.17 bits per heavy atom. The van der Waals surface area contributed by atoms with Gasteiger partial charge in [-0.3, -0.25) is 0 Å². The molecular formula is C18H18N4S2. The van der Waals surface area contributed by atoms with Gasteiger partial charge in [-0.15, -0.1) is 0 Å². The molecule has 0 radical (unpaired) electrons. The van der Waals surface area contributed by atoms with Gasteiger partial charge in [-0.2, -0.15) is 0 Å². The van der Waals surface area contributed by atoms with E-state index in [1.807, 2.05) is 0 Å². The molecule has 4 N–H and O–H groups in total. The number of fused-ring (bicyclic) bond motifs is 1. The Morgan fingerprint density at radius 2 is 0.875 bits per heavy atom. The zero-order chi connectivity index (χ0) is 16.9. The van der Waals surface area contributed by atoms with E-state index < -0.39 is 11.3 Å². The van der Waals surface area contributed by atoms with Crippen molar-refractivity contribution < 1.29 is 0 Å². The SMILES string of the molecule is Cc1ccc(C23NC(=S)NC2(c2ccc(C)cc2)NC(=S)N3)cc1. The van der Waals surface area contributed by atoms with E-state index in [0.29, 0.717) is 10.2 Å². The molecular weight excluding hydrogens is 336 g/mol. The Bertz CT molecular complexity index is 740. The summed E-state index contributed by atoms with van der Waals surface area (Å²) in [4.78, 5) is 0. The molecule has 2 fully saturated rings. The molecule has 0 bridgehead atoms. The normalized spacial score (nSPS) is 27.8. The van der Waals surface area contributed by atoms with Gasteiger partial charge in [0.05, 0.1) is 0 Å². The Kier molecular flexibility index (Phi) is 3.30. The second kappa shape index (κ2) is 5.16. The van der Waals surface area contributed by atoms with Crippen LogP contribution in [-0.2, 0) is 11.3 Å². The summed E-state index contributed by atoms with van der Waals surface area (Å²) in [5, 5.41) is 14.8. The first-order valence-corrected chi connectivity index (χ1v) is 8.62. The van der Waals surface area contributed by atoms with Crippen LogP contribution < -0.4 is 21.3 Å². The molecule has 0 unspecified atom stereocenters. The van der Waals surface area contributed by atoms with E-state index in [1.165, 1.54) is 11.1 Å². The maximum absolute atomic E-state index is 5.46. The number of hydrogen-bond acceptors (Lipinski definition) is 2.